The summed E-state index contributed by atoms with van der Waals surface area (Å²) < 4.78 is 10.7. The Kier molecular flexibility index (Phi) is 7.40. The molecule has 2 aromatic carbocycles. The van der Waals surface area contributed by atoms with Crippen LogP contribution in [0.1, 0.15) is 43.2 Å². The number of ether oxygens (including phenoxy) is 2. The van der Waals surface area contributed by atoms with Crippen molar-refractivity contribution in [1.29, 1.82) is 0 Å². The van der Waals surface area contributed by atoms with E-state index in [9.17, 15) is 19.5 Å². The zero-order valence-electron chi connectivity index (χ0n) is 20.2. The number of nitrogens with one attached hydrogen (secondary N) is 1. The third kappa shape index (κ3) is 4.89. The van der Waals surface area contributed by atoms with Crippen molar-refractivity contribution < 1.29 is 29.0 Å². The maximum Gasteiger partial charge on any atom is 0.407 e. The number of nitrogens with zero attached hydrogens (tertiary/aromatic N) is 1. The molecule has 0 saturated carbocycles. The molecule has 0 spiro atoms. The summed E-state index contributed by atoms with van der Waals surface area (Å²) in [7, 11) is 1.44. The lowest BCUT2D eigenvalue weighted by Gasteiger charge is -2.34. The Morgan fingerprint density at radius 2 is 1.74 bits per heavy atom. The lowest BCUT2D eigenvalue weighted by molar-refractivity contribution is -0.160. The molecule has 1 saturated heterocycles. The molecule has 1 aliphatic carbocycles. The van der Waals surface area contributed by atoms with Crippen molar-refractivity contribution in [2.75, 3.05) is 33.4 Å². The van der Waals surface area contributed by atoms with Crippen LogP contribution in [0.3, 0.4) is 0 Å². The molecule has 186 valence electrons. The number of methoxy groups -OCH3 is 1. The lowest BCUT2D eigenvalue weighted by atomic mass is 9.96. The van der Waals surface area contributed by atoms with Crippen molar-refractivity contribution in [3.63, 3.8) is 0 Å². The monoisotopic (exact) mass is 480 g/mol. The quantitative estimate of drug-likeness (QED) is 0.568. The number of carboxylic acid groups (broad SMARTS) is 1. The zero-order chi connectivity index (χ0) is 25.0. The molecule has 0 aromatic heterocycles. The molecule has 4 rings (SSSR count). The molecule has 8 heteroatoms. The van der Waals surface area contributed by atoms with Gasteiger partial charge < -0.3 is 24.8 Å². The van der Waals surface area contributed by atoms with Gasteiger partial charge in [0, 0.05) is 32.5 Å². The third-order valence-electron chi connectivity index (χ3n) is 7.03. The van der Waals surface area contributed by atoms with Crippen LogP contribution < -0.4 is 5.32 Å². The second-order valence-electron chi connectivity index (χ2n) is 9.43. The molecule has 35 heavy (non-hydrogen) atoms. The van der Waals surface area contributed by atoms with Crippen LogP contribution in [0.4, 0.5) is 4.79 Å². The van der Waals surface area contributed by atoms with Crippen LogP contribution in [0.5, 0.6) is 0 Å². The molecule has 2 unspecified atom stereocenters. The normalized spacial score (nSPS) is 19.7. The van der Waals surface area contributed by atoms with Gasteiger partial charge in [-0.25, -0.2) is 9.59 Å². The van der Waals surface area contributed by atoms with Gasteiger partial charge in [0.2, 0.25) is 5.91 Å². The van der Waals surface area contributed by atoms with E-state index in [2.05, 4.69) is 29.6 Å². The molecule has 1 fully saturated rings. The van der Waals surface area contributed by atoms with Crippen LogP contribution in [-0.4, -0.2) is 66.9 Å². The molecule has 1 heterocycles. The Morgan fingerprint density at radius 1 is 1.11 bits per heavy atom. The number of aliphatic carboxylic acids is 1. The summed E-state index contributed by atoms with van der Waals surface area (Å²) in [6.07, 6.45) is 0.580. The predicted molar refractivity (Wildman–Crippen MR) is 130 cm³/mol. The molecule has 1 aliphatic heterocycles. The highest BCUT2D eigenvalue weighted by atomic mass is 16.5. The predicted octanol–water partition coefficient (Wildman–Crippen LogP) is 3.64. The minimum Gasteiger partial charge on any atom is -0.479 e. The topological polar surface area (TPSA) is 105 Å². The summed E-state index contributed by atoms with van der Waals surface area (Å²) in [5.41, 5.74) is 3.30. The van der Waals surface area contributed by atoms with Gasteiger partial charge in [-0.3, -0.25) is 4.79 Å². The van der Waals surface area contributed by atoms with Crippen molar-refractivity contribution >= 4 is 18.0 Å². The van der Waals surface area contributed by atoms with Crippen LogP contribution in [0.2, 0.25) is 0 Å². The van der Waals surface area contributed by atoms with E-state index in [1.54, 1.807) is 0 Å². The number of benzene rings is 2. The van der Waals surface area contributed by atoms with Gasteiger partial charge in [0.05, 0.1) is 6.61 Å². The fourth-order valence-electron chi connectivity index (χ4n) is 5.30. The summed E-state index contributed by atoms with van der Waals surface area (Å²) >= 11 is 0. The number of amides is 2. The van der Waals surface area contributed by atoms with Gasteiger partial charge in [-0.05, 0) is 41.0 Å². The molecule has 0 bridgehead atoms. The highest BCUT2D eigenvalue weighted by Crippen LogP contribution is 2.44. The SMILES string of the molecule is COCC1(C(=O)O)CCCN1C(=O)CC(C)CNC(=O)OCC1c2ccccc2-c2ccccc21. The maximum atomic E-state index is 12.9. The van der Waals surface area contributed by atoms with Gasteiger partial charge in [0.25, 0.3) is 0 Å². The highest BCUT2D eigenvalue weighted by molar-refractivity contribution is 5.88. The van der Waals surface area contributed by atoms with Crippen LogP contribution in [0.15, 0.2) is 48.5 Å². The molecule has 2 atom stereocenters. The van der Waals surface area contributed by atoms with E-state index in [0.717, 1.165) is 22.3 Å². The van der Waals surface area contributed by atoms with E-state index in [4.69, 9.17) is 9.47 Å². The molecular formula is C27H32N2O6. The minimum absolute atomic E-state index is 0.0211. The lowest BCUT2D eigenvalue weighted by Crippen LogP contribution is -2.56. The number of carboxylic acids is 1. The fraction of sp³-hybridized carbons (Fsp3) is 0.444. The Labute approximate surface area is 205 Å². The van der Waals surface area contributed by atoms with Crippen LogP contribution in [0.25, 0.3) is 11.1 Å². The first-order chi connectivity index (χ1) is 16.9. The van der Waals surface area contributed by atoms with Gasteiger partial charge in [-0.1, -0.05) is 55.5 Å². The summed E-state index contributed by atoms with van der Waals surface area (Å²) in [4.78, 5) is 38.7. The third-order valence-corrected chi connectivity index (χ3v) is 7.03. The standard InChI is InChI=1S/C27H32N2O6/c1-18(14-24(30)29-13-7-12-27(29,17-34-2)25(31)32)15-28-26(33)35-16-23-21-10-5-3-8-19(21)20-9-4-6-11-22(20)23/h3-6,8-11,18,23H,7,12-17H2,1-2H3,(H,28,33)(H,31,32). The van der Waals surface area contributed by atoms with Gasteiger partial charge in [-0.2, -0.15) is 0 Å². The van der Waals surface area contributed by atoms with Crippen molar-refractivity contribution in [3.8, 4) is 11.1 Å². The van der Waals surface area contributed by atoms with E-state index in [0.29, 0.717) is 19.4 Å². The Balaban J connectivity index is 1.29. The van der Waals surface area contributed by atoms with E-state index in [1.165, 1.54) is 12.0 Å². The van der Waals surface area contributed by atoms with Crippen molar-refractivity contribution in [1.82, 2.24) is 10.2 Å². The van der Waals surface area contributed by atoms with Crippen LogP contribution in [-0.2, 0) is 19.1 Å². The fourth-order valence-corrected chi connectivity index (χ4v) is 5.30. The molecule has 2 amide bonds. The molecule has 8 nitrogen and oxygen atoms in total. The first-order valence-corrected chi connectivity index (χ1v) is 12.0. The highest BCUT2D eigenvalue weighted by Gasteiger charge is 2.50. The number of likely N-dealkylation sites (tertiary alicyclic amines) is 1. The average Bonchev–Trinajstić information content (AvgIpc) is 3.42. The number of carbonyl (C=O) groups is 3. The second kappa shape index (κ2) is 10.5. The van der Waals surface area contributed by atoms with E-state index in [-0.39, 0.29) is 43.9 Å². The second-order valence-corrected chi connectivity index (χ2v) is 9.43. The van der Waals surface area contributed by atoms with Gasteiger partial charge in [-0.15, -0.1) is 0 Å². The minimum atomic E-state index is -1.31. The Hall–Kier alpha value is -3.39. The first kappa shape index (κ1) is 24.7. The maximum absolute atomic E-state index is 12.9. The number of rotatable bonds is 9. The summed E-state index contributed by atoms with van der Waals surface area (Å²) in [5, 5.41) is 12.5. The average molecular weight is 481 g/mol. The van der Waals surface area contributed by atoms with E-state index >= 15 is 0 Å². The van der Waals surface area contributed by atoms with Gasteiger partial charge >= 0.3 is 12.1 Å². The van der Waals surface area contributed by atoms with Gasteiger partial charge in [0.1, 0.15) is 6.61 Å². The summed E-state index contributed by atoms with van der Waals surface area (Å²) in [5.74, 6) is -1.50. The van der Waals surface area contributed by atoms with Gasteiger partial charge in [0.15, 0.2) is 5.54 Å². The number of hydrogen-bond acceptors (Lipinski definition) is 5. The van der Waals surface area contributed by atoms with Crippen LogP contribution >= 0.6 is 0 Å². The van der Waals surface area contributed by atoms with Crippen molar-refractivity contribution in [2.45, 2.75) is 37.6 Å². The number of alkyl carbamates (subject to hydrolysis) is 1. The number of hydrogen-bond donors (Lipinski definition) is 2. The zero-order valence-corrected chi connectivity index (χ0v) is 20.2. The van der Waals surface area contributed by atoms with E-state index in [1.807, 2.05) is 31.2 Å². The Bertz CT molecular complexity index is 1060. The van der Waals surface area contributed by atoms with E-state index < -0.39 is 17.6 Å². The molecule has 0 radical (unpaired) electrons. The molecule has 2 aromatic rings. The molecule has 2 aliphatic rings. The number of carbonyl (C=O) groups excluding carboxylic acids is 2. The largest absolute Gasteiger partial charge is 0.479 e. The van der Waals surface area contributed by atoms with Crippen molar-refractivity contribution in [3.05, 3.63) is 59.7 Å². The van der Waals surface area contributed by atoms with Crippen molar-refractivity contribution in [2.24, 2.45) is 5.92 Å². The van der Waals surface area contributed by atoms with Crippen LogP contribution in [0, 0.1) is 5.92 Å². The molecule has 2 N–H and O–H groups in total. The summed E-state index contributed by atoms with van der Waals surface area (Å²) in [6, 6.07) is 16.3. The first-order valence-electron chi connectivity index (χ1n) is 12.0. The Morgan fingerprint density at radius 3 is 2.34 bits per heavy atom. The molecular weight excluding hydrogens is 448 g/mol. The number of fused-ring (bicyclic) bond motifs is 3. The summed E-state index contributed by atoms with van der Waals surface area (Å²) in [6.45, 7) is 2.66. The smallest absolute Gasteiger partial charge is 0.407 e.